The molecule has 78 heavy (non-hydrogen) atoms. The monoisotopic (exact) mass is 1030 g/mol. The van der Waals surface area contributed by atoms with Crippen LogP contribution in [0.4, 0.5) is 11.4 Å². The van der Waals surface area contributed by atoms with E-state index in [1.807, 2.05) is 158 Å². The highest BCUT2D eigenvalue weighted by molar-refractivity contribution is 6.41. The number of ether oxygens (including phenoxy) is 4. The Morgan fingerprint density at radius 1 is 0.308 bits per heavy atom. The van der Waals surface area contributed by atoms with Crippen LogP contribution in [-0.2, 0) is 0 Å². The molecular weight excluding hydrogens is 965 g/mol. The zero-order valence-corrected chi connectivity index (χ0v) is 45.2. The number of nitrogens with one attached hydrogen (secondary N) is 2. The highest BCUT2D eigenvalue weighted by Crippen LogP contribution is 2.56. The average molecular weight is 1030 g/mol. The third-order valence-electron chi connectivity index (χ3n) is 14.5. The fraction of sp³-hybridized carbons (Fsp3) is 0.171. The third kappa shape index (κ3) is 9.71. The molecule has 11 aromatic carbocycles. The van der Waals surface area contributed by atoms with Gasteiger partial charge >= 0.3 is 0 Å². The SMILES string of the molecule is CC(C)c1cccc(C(C)C)c1NC(=O)c1cc(Oc2ccccc2)c2c3c(Oc4ccccc4)ccc4ccc(Oc5ccccc5)c(c5c(Oc6ccccc6)cc(C(=O)Nc6c(C(C)C)cccc6C(C)C)c1c25)c43. The second-order valence-electron chi connectivity index (χ2n) is 21.1. The first kappa shape index (κ1) is 51.0. The van der Waals surface area contributed by atoms with Crippen molar-refractivity contribution in [1.82, 2.24) is 0 Å². The topological polar surface area (TPSA) is 95.1 Å². The lowest BCUT2D eigenvalue weighted by Crippen LogP contribution is -2.20. The largest absolute Gasteiger partial charge is 0.457 e. The molecule has 0 unspecified atom stereocenters. The standard InChI is InChI=1S/C70H62N2O6/c1-41(2)50-31-21-32-51(42(3)4)67(50)71-69(73)54-39-58(77-48-27-17-11-18-28-48)64-62-56(75-46-23-13-9-14-24-46)37-35-45-36-38-57(76-47-25-15-10-16-26-47)63(60(45)62)65-59(78-49-29-19-12-20-30-49)40-55(61(54)66(64)65)70(74)72-68-52(43(5)6)33-22-34-53(68)44(7)8/h9-44H,1-8H3,(H,71,73)(H,72,74). The van der Waals surface area contributed by atoms with Crippen LogP contribution in [0.1, 0.15) is 122 Å². The molecule has 8 nitrogen and oxygen atoms in total. The van der Waals surface area contributed by atoms with Crippen LogP contribution in [-0.4, -0.2) is 11.8 Å². The van der Waals surface area contributed by atoms with Crippen LogP contribution in [0.2, 0.25) is 0 Å². The predicted octanol–water partition coefficient (Wildman–Crippen LogP) is 19.9. The van der Waals surface area contributed by atoms with Crippen molar-refractivity contribution in [2.45, 2.75) is 79.1 Å². The van der Waals surface area contributed by atoms with Gasteiger partial charge in [-0.25, -0.2) is 0 Å². The minimum absolute atomic E-state index is 0.0746. The van der Waals surface area contributed by atoms with Crippen LogP contribution in [0.15, 0.2) is 194 Å². The van der Waals surface area contributed by atoms with Gasteiger partial charge in [0.05, 0.1) is 11.1 Å². The molecule has 11 aromatic rings. The number of amides is 2. The summed E-state index contributed by atoms with van der Waals surface area (Å²) >= 11 is 0. The van der Waals surface area contributed by atoms with Gasteiger partial charge in [-0.1, -0.05) is 177 Å². The Hall–Kier alpha value is -9.14. The summed E-state index contributed by atoms with van der Waals surface area (Å²) < 4.78 is 28.3. The normalized spacial score (nSPS) is 11.6. The van der Waals surface area contributed by atoms with Crippen LogP contribution in [0.3, 0.4) is 0 Å². The Morgan fingerprint density at radius 3 is 0.910 bits per heavy atom. The van der Waals surface area contributed by atoms with Gasteiger partial charge in [-0.05, 0) is 124 Å². The lowest BCUT2D eigenvalue weighted by atomic mass is 9.84. The maximum absolute atomic E-state index is 16.2. The highest BCUT2D eigenvalue weighted by Gasteiger charge is 2.33. The number of carbonyl (C=O) groups is 2. The smallest absolute Gasteiger partial charge is 0.256 e. The van der Waals surface area contributed by atoms with E-state index in [1.165, 1.54) is 0 Å². The van der Waals surface area contributed by atoms with Crippen LogP contribution >= 0.6 is 0 Å². The molecule has 388 valence electrons. The Bertz CT molecular complexity index is 3700. The van der Waals surface area contributed by atoms with Gasteiger partial charge in [0.1, 0.15) is 46.0 Å². The number of benzene rings is 11. The van der Waals surface area contributed by atoms with E-state index >= 15 is 9.59 Å². The van der Waals surface area contributed by atoms with Crippen molar-refractivity contribution in [3.63, 3.8) is 0 Å². The fourth-order valence-electron chi connectivity index (χ4n) is 10.9. The molecule has 0 fully saturated rings. The summed E-state index contributed by atoms with van der Waals surface area (Å²) in [5.74, 6) is 3.54. The maximum atomic E-state index is 16.2. The first-order valence-corrected chi connectivity index (χ1v) is 26.9. The van der Waals surface area contributed by atoms with Crippen molar-refractivity contribution >= 4 is 66.3 Å². The van der Waals surface area contributed by atoms with Crippen LogP contribution in [0.5, 0.6) is 46.0 Å². The molecule has 0 radical (unpaired) electrons. The summed E-state index contributed by atoms with van der Waals surface area (Å²) in [5, 5.41) is 12.1. The zero-order chi connectivity index (χ0) is 54.2. The van der Waals surface area contributed by atoms with E-state index < -0.39 is 11.8 Å². The molecule has 0 bridgehead atoms. The van der Waals surface area contributed by atoms with Gasteiger partial charge in [0.15, 0.2) is 0 Å². The first-order chi connectivity index (χ1) is 37.8. The van der Waals surface area contributed by atoms with Crippen molar-refractivity contribution in [2.24, 2.45) is 0 Å². The maximum Gasteiger partial charge on any atom is 0.256 e. The number of rotatable bonds is 16. The molecule has 8 heteroatoms. The highest BCUT2D eigenvalue weighted by atomic mass is 16.5. The minimum atomic E-state index is -0.421. The van der Waals surface area contributed by atoms with Crippen molar-refractivity contribution < 1.29 is 28.5 Å². The van der Waals surface area contributed by atoms with Gasteiger partial charge in [-0.3, -0.25) is 9.59 Å². The minimum Gasteiger partial charge on any atom is -0.457 e. The number of fused-ring (bicyclic) bond motifs is 2. The van der Waals surface area contributed by atoms with Gasteiger partial charge < -0.3 is 29.6 Å². The quantitative estimate of drug-likeness (QED) is 0.0740. The second-order valence-corrected chi connectivity index (χ2v) is 21.1. The summed E-state index contributed by atoms with van der Waals surface area (Å²) in [6.07, 6.45) is 0. The molecule has 0 atom stereocenters. The van der Waals surface area contributed by atoms with Gasteiger partial charge in [-0.2, -0.15) is 0 Å². The summed E-state index contributed by atoms with van der Waals surface area (Å²) in [5.41, 5.74) is 5.87. The molecule has 0 saturated heterocycles. The predicted molar refractivity (Wildman–Crippen MR) is 319 cm³/mol. The fourth-order valence-corrected chi connectivity index (χ4v) is 10.9. The molecule has 0 spiro atoms. The molecule has 0 aliphatic rings. The number of anilines is 2. The van der Waals surface area contributed by atoms with E-state index in [-0.39, 0.29) is 34.8 Å². The molecule has 0 aromatic heterocycles. The van der Waals surface area contributed by atoms with E-state index in [4.69, 9.17) is 18.9 Å². The van der Waals surface area contributed by atoms with Crippen molar-refractivity contribution in [2.75, 3.05) is 10.6 Å². The van der Waals surface area contributed by atoms with E-state index in [9.17, 15) is 0 Å². The molecule has 2 N–H and O–H groups in total. The molecule has 0 aliphatic carbocycles. The van der Waals surface area contributed by atoms with E-state index in [0.29, 0.717) is 78.3 Å². The first-order valence-electron chi connectivity index (χ1n) is 26.9. The number of carbonyl (C=O) groups excluding carboxylic acids is 2. The Balaban J connectivity index is 1.36. The lowest BCUT2D eigenvalue weighted by Gasteiger charge is -2.26. The number of hydrogen-bond donors (Lipinski definition) is 2. The number of para-hydroxylation sites is 6. The average Bonchev–Trinajstić information content (AvgIpc) is 2.96. The van der Waals surface area contributed by atoms with Crippen molar-refractivity contribution in [3.8, 4) is 46.0 Å². The molecule has 0 heterocycles. The zero-order valence-electron chi connectivity index (χ0n) is 45.2. The van der Waals surface area contributed by atoms with Crippen molar-refractivity contribution in [1.29, 1.82) is 0 Å². The van der Waals surface area contributed by atoms with E-state index in [1.54, 1.807) is 12.1 Å². The summed E-state index contributed by atoms with van der Waals surface area (Å²) in [7, 11) is 0. The molecular formula is C70H62N2O6. The third-order valence-corrected chi connectivity index (χ3v) is 14.5. The Morgan fingerprint density at radius 2 is 0.603 bits per heavy atom. The Labute approximate surface area is 455 Å². The molecule has 2 amide bonds. The van der Waals surface area contributed by atoms with Crippen molar-refractivity contribution in [3.05, 3.63) is 228 Å². The molecule has 11 rings (SSSR count). The summed E-state index contributed by atoms with van der Waals surface area (Å²) in [6, 6.07) is 62.4. The van der Waals surface area contributed by atoms with Gasteiger partial charge in [0.2, 0.25) is 0 Å². The molecule has 0 saturated carbocycles. The summed E-state index contributed by atoms with van der Waals surface area (Å²) in [6.45, 7) is 17.0. The summed E-state index contributed by atoms with van der Waals surface area (Å²) in [4.78, 5) is 32.4. The molecule has 0 aliphatic heterocycles. The Kier molecular flexibility index (Phi) is 14.0. The van der Waals surface area contributed by atoms with Crippen LogP contribution in [0.25, 0.3) is 43.1 Å². The van der Waals surface area contributed by atoms with E-state index in [2.05, 4.69) is 90.3 Å². The van der Waals surface area contributed by atoms with E-state index in [0.717, 1.165) is 44.4 Å². The van der Waals surface area contributed by atoms with Gasteiger partial charge in [0.25, 0.3) is 11.8 Å². The number of hydrogen-bond acceptors (Lipinski definition) is 6. The van der Waals surface area contributed by atoms with Gasteiger partial charge in [-0.15, -0.1) is 0 Å². The lowest BCUT2D eigenvalue weighted by molar-refractivity contribution is 0.102. The van der Waals surface area contributed by atoms with Gasteiger partial charge in [0, 0.05) is 49.1 Å². The van der Waals surface area contributed by atoms with Crippen LogP contribution in [0, 0.1) is 0 Å². The second kappa shape index (κ2) is 21.5. The van der Waals surface area contributed by atoms with Crippen LogP contribution < -0.4 is 29.6 Å².